The zero-order valence-corrected chi connectivity index (χ0v) is 16.0. The number of hydrogen-bond donors (Lipinski definition) is 2. The average molecular weight is 388 g/mol. The number of amides is 2. The fourth-order valence-corrected chi connectivity index (χ4v) is 3.10. The molecule has 0 saturated heterocycles. The van der Waals surface area contributed by atoms with Gasteiger partial charge in [0.15, 0.2) is 6.10 Å². The molecule has 0 bridgehead atoms. The van der Waals surface area contributed by atoms with Gasteiger partial charge in [0.2, 0.25) is 5.91 Å². The highest BCUT2D eigenvalue weighted by atomic mass is 35.5. The van der Waals surface area contributed by atoms with Crippen molar-refractivity contribution in [1.29, 1.82) is 0 Å². The van der Waals surface area contributed by atoms with Crippen molar-refractivity contribution in [2.24, 2.45) is 0 Å². The molecule has 142 valence electrons. The Bertz CT molecular complexity index is 841. The number of fused-ring (bicyclic) bond motifs is 1. The Morgan fingerprint density at radius 3 is 2.74 bits per heavy atom. The first-order chi connectivity index (χ1) is 12.9. The SMILES string of the molecule is CC(C)NC(=O)C1CN(CC(=O)Nc2cccc(Cl)c2)c2ccccc2O1. The number of ether oxygens (including phenoxy) is 1. The second-order valence-corrected chi connectivity index (χ2v) is 7.11. The molecule has 7 heteroatoms. The molecule has 0 fully saturated rings. The number of halogens is 1. The minimum atomic E-state index is -0.679. The van der Waals surface area contributed by atoms with Crippen molar-refractivity contribution in [3.63, 3.8) is 0 Å². The van der Waals surface area contributed by atoms with Crippen LogP contribution >= 0.6 is 11.6 Å². The van der Waals surface area contributed by atoms with Gasteiger partial charge in [0.1, 0.15) is 5.75 Å². The summed E-state index contributed by atoms with van der Waals surface area (Å²) in [4.78, 5) is 26.8. The topological polar surface area (TPSA) is 70.7 Å². The van der Waals surface area contributed by atoms with Gasteiger partial charge in [0.25, 0.3) is 5.91 Å². The minimum absolute atomic E-state index is 0.0119. The lowest BCUT2D eigenvalue weighted by Gasteiger charge is -2.35. The highest BCUT2D eigenvalue weighted by molar-refractivity contribution is 6.30. The maximum atomic E-state index is 12.5. The fourth-order valence-electron chi connectivity index (χ4n) is 2.91. The van der Waals surface area contributed by atoms with Gasteiger partial charge in [0.05, 0.1) is 18.8 Å². The third kappa shape index (κ3) is 4.92. The molecule has 1 aliphatic heterocycles. The molecule has 0 spiro atoms. The standard InChI is InChI=1S/C20H22ClN3O3/c1-13(2)22-20(26)18-11-24(16-8-3-4-9-17(16)27-18)12-19(25)23-15-7-5-6-14(21)10-15/h3-10,13,18H,11-12H2,1-2H3,(H,22,26)(H,23,25). The van der Waals surface area contributed by atoms with Gasteiger partial charge in [-0.05, 0) is 44.2 Å². The van der Waals surface area contributed by atoms with Crippen LogP contribution in [0.5, 0.6) is 5.75 Å². The number of para-hydroxylation sites is 2. The maximum Gasteiger partial charge on any atom is 0.263 e. The van der Waals surface area contributed by atoms with Crippen LogP contribution in [-0.2, 0) is 9.59 Å². The molecule has 1 aliphatic rings. The van der Waals surface area contributed by atoms with Gasteiger partial charge in [-0.3, -0.25) is 9.59 Å². The Balaban J connectivity index is 1.74. The number of nitrogens with zero attached hydrogens (tertiary/aromatic N) is 1. The smallest absolute Gasteiger partial charge is 0.263 e. The molecule has 2 aromatic carbocycles. The summed E-state index contributed by atoms with van der Waals surface area (Å²) >= 11 is 5.96. The zero-order valence-electron chi connectivity index (χ0n) is 15.2. The van der Waals surface area contributed by atoms with E-state index in [1.807, 2.05) is 36.9 Å². The maximum absolute atomic E-state index is 12.5. The predicted octanol–water partition coefficient (Wildman–Crippen LogP) is 3.07. The molecular weight excluding hydrogens is 366 g/mol. The molecule has 2 amide bonds. The molecule has 1 unspecified atom stereocenters. The van der Waals surface area contributed by atoms with Crippen molar-refractivity contribution in [3.8, 4) is 5.75 Å². The van der Waals surface area contributed by atoms with E-state index >= 15 is 0 Å². The van der Waals surface area contributed by atoms with Crippen molar-refractivity contribution in [2.45, 2.75) is 26.0 Å². The van der Waals surface area contributed by atoms with E-state index in [4.69, 9.17) is 16.3 Å². The number of anilines is 2. The van der Waals surface area contributed by atoms with E-state index in [-0.39, 0.29) is 24.4 Å². The lowest BCUT2D eigenvalue weighted by molar-refractivity contribution is -0.128. The highest BCUT2D eigenvalue weighted by Gasteiger charge is 2.31. The first-order valence-corrected chi connectivity index (χ1v) is 9.16. The summed E-state index contributed by atoms with van der Waals surface area (Å²) in [6, 6.07) is 14.4. The Hall–Kier alpha value is -2.73. The van der Waals surface area contributed by atoms with Crippen molar-refractivity contribution < 1.29 is 14.3 Å². The molecule has 0 aliphatic carbocycles. The van der Waals surface area contributed by atoms with E-state index < -0.39 is 6.10 Å². The fraction of sp³-hybridized carbons (Fsp3) is 0.300. The quantitative estimate of drug-likeness (QED) is 0.827. The molecule has 0 radical (unpaired) electrons. The number of carbonyl (C=O) groups is 2. The van der Waals surface area contributed by atoms with Crippen LogP contribution in [0.1, 0.15) is 13.8 Å². The molecule has 6 nitrogen and oxygen atoms in total. The first kappa shape index (κ1) is 19.0. The summed E-state index contributed by atoms with van der Waals surface area (Å²) in [5.74, 6) is 0.194. The number of hydrogen-bond acceptors (Lipinski definition) is 4. The molecule has 27 heavy (non-hydrogen) atoms. The zero-order chi connectivity index (χ0) is 19.4. The van der Waals surface area contributed by atoms with Crippen molar-refractivity contribution >= 4 is 34.8 Å². The van der Waals surface area contributed by atoms with Crippen molar-refractivity contribution in [2.75, 3.05) is 23.3 Å². The van der Waals surface area contributed by atoms with Crippen LogP contribution in [0.3, 0.4) is 0 Å². The Labute approximate surface area is 163 Å². The van der Waals surface area contributed by atoms with Gasteiger partial charge in [-0.1, -0.05) is 29.8 Å². The molecular formula is C20H22ClN3O3. The largest absolute Gasteiger partial charge is 0.477 e. The van der Waals surface area contributed by atoms with Crippen molar-refractivity contribution in [1.82, 2.24) is 5.32 Å². The number of nitrogens with one attached hydrogen (secondary N) is 2. The first-order valence-electron chi connectivity index (χ1n) is 8.79. The lowest BCUT2D eigenvalue weighted by atomic mass is 10.1. The van der Waals surface area contributed by atoms with Crippen LogP contribution in [0.25, 0.3) is 0 Å². The van der Waals surface area contributed by atoms with E-state index in [0.29, 0.717) is 23.0 Å². The second kappa shape index (κ2) is 8.31. The van der Waals surface area contributed by atoms with Gasteiger partial charge in [-0.25, -0.2) is 0 Å². The van der Waals surface area contributed by atoms with E-state index in [9.17, 15) is 9.59 Å². The monoisotopic (exact) mass is 387 g/mol. The van der Waals surface area contributed by atoms with Crippen LogP contribution in [0.4, 0.5) is 11.4 Å². The average Bonchev–Trinajstić information content (AvgIpc) is 2.61. The van der Waals surface area contributed by atoms with E-state index in [2.05, 4.69) is 10.6 Å². The number of benzene rings is 2. The third-order valence-corrected chi connectivity index (χ3v) is 4.26. The van der Waals surface area contributed by atoms with Gasteiger partial charge in [-0.2, -0.15) is 0 Å². The molecule has 3 rings (SSSR count). The van der Waals surface area contributed by atoms with Crippen LogP contribution in [-0.4, -0.2) is 37.0 Å². The van der Waals surface area contributed by atoms with Crippen LogP contribution in [0.15, 0.2) is 48.5 Å². The normalized spacial score (nSPS) is 15.7. The van der Waals surface area contributed by atoms with Gasteiger partial charge < -0.3 is 20.3 Å². The lowest BCUT2D eigenvalue weighted by Crippen LogP contribution is -2.51. The van der Waals surface area contributed by atoms with Gasteiger partial charge in [0, 0.05) is 16.8 Å². The van der Waals surface area contributed by atoms with Crippen LogP contribution in [0.2, 0.25) is 5.02 Å². The molecule has 2 aromatic rings. The van der Waals surface area contributed by atoms with E-state index in [0.717, 1.165) is 5.69 Å². The molecule has 2 N–H and O–H groups in total. The van der Waals surface area contributed by atoms with Crippen LogP contribution < -0.4 is 20.3 Å². The summed E-state index contributed by atoms with van der Waals surface area (Å²) < 4.78 is 5.84. The summed E-state index contributed by atoms with van der Waals surface area (Å²) in [6.07, 6.45) is -0.679. The summed E-state index contributed by atoms with van der Waals surface area (Å²) in [7, 11) is 0. The summed E-state index contributed by atoms with van der Waals surface area (Å²) in [5.41, 5.74) is 1.41. The van der Waals surface area contributed by atoms with E-state index in [1.54, 1.807) is 30.3 Å². The predicted molar refractivity (Wildman–Crippen MR) is 106 cm³/mol. The van der Waals surface area contributed by atoms with Crippen molar-refractivity contribution in [3.05, 3.63) is 53.6 Å². The minimum Gasteiger partial charge on any atom is -0.477 e. The van der Waals surface area contributed by atoms with Gasteiger partial charge in [-0.15, -0.1) is 0 Å². The second-order valence-electron chi connectivity index (χ2n) is 6.68. The Morgan fingerprint density at radius 1 is 1.22 bits per heavy atom. The number of carbonyl (C=O) groups excluding carboxylic acids is 2. The van der Waals surface area contributed by atoms with E-state index in [1.165, 1.54) is 0 Å². The number of rotatable bonds is 5. The highest BCUT2D eigenvalue weighted by Crippen LogP contribution is 2.33. The summed E-state index contributed by atoms with van der Waals surface area (Å²) in [6.45, 7) is 4.17. The Kier molecular flexibility index (Phi) is 5.86. The summed E-state index contributed by atoms with van der Waals surface area (Å²) in [5, 5.41) is 6.24. The van der Waals surface area contributed by atoms with Gasteiger partial charge >= 0.3 is 0 Å². The molecule has 0 aromatic heterocycles. The molecule has 1 atom stereocenters. The Morgan fingerprint density at radius 2 is 2.00 bits per heavy atom. The molecule has 1 heterocycles. The molecule has 0 saturated carbocycles. The third-order valence-electron chi connectivity index (χ3n) is 4.03. The van der Waals surface area contributed by atoms with Crippen LogP contribution in [0, 0.1) is 0 Å².